The van der Waals surface area contributed by atoms with Gasteiger partial charge in [0.1, 0.15) is 5.75 Å². The van der Waals surface area contributed by atoms with Gasteiger partial charge in [0.05, 0.1) is 18.4 Å². The summed E-state index contributed by atoms with van der Waals surface area (Å²) in [5.74, 6) is -0.134. The fourth-order valence-electron chi connectivity index (χ4n) is 1.92. The predicted octanol–water partition coefficient (Wildman–Crippen LogP) is 2.64. The van der Waals surface area contributed by atoms with Crippen LogP contribution in [0.2, 0.25) is 0 Å². The molecule has 5 heteroatoms. The minimum absolute atomic E-state index is 0.164. The number of carboxylic acid groups (broad SMARTS) is 1. The molecule has 0 saturated heterocycles. The third-order valence-corrected chi connectivity index (χ3v) is 3.28. The fourth-order valence-corrected chi connectivity index (χ4v) is 1.92. The van der Waals surface area contributed by atoms with Crippen LogP contribution >= 0.6 is 0 Å². The summed E-state index contributed by atoms with van der Waals surface area (Å²) in [4.78, 5) is 14.9. The average molecular weight is 286 g/mol. The van der Waals surface area contributed by atoms with Crippen molar-refractivity contribution in [1.29, 1.82) is 0 Å². The Kier molecular flexibility index (Phi) is 4.90. The van der Waals surface area contributed by atoms with Crippen molar-refractivity contribution in [1.82, 2.24) is 10.3 Å². The van der Waals surface area contributed by atoms with Crippen molar-refractivity contribution in [2.45, 2.75) is 19.5 Å². The number of nitrogens with one attached hydrogen (secondary N) is 1. The van der Waals surface area contributed by atoms with Crippen LogP contribution in [0.1, 0.15) is 34.6 Å². The van der Waals surface area contributed by atoms with Crippen molar-refractivity contribution in [3.05, 3.63) is 59.4 Å². The van der Waals surface area contributed by atoms with E-state index in [1.807, 2.05) is 24.3 Å². The zero-order chi connectivity index (χ0) is 15.2. The van der Waals surface area contributed by atoms with Crippen LogP contribution in [0.15, 0.2) is 42.6 Å². The Morgan fingerprint density at radius 3 is 2.52 bits per heavy atom. The zero-order valence-corrected chi connectivity index (χ0v) is 12.0. The lowest BCUT2D eigenvalue weighted by molar-refractivity contribution is 0.0696. The Morgan fingerprint density at radius 2 is 2.00 bits per heavy atom. The number of hydrogen-bond acceptors (Lipinski definition) is 4. The normalized spacial score (nSPS) is 11.9. The molecular weight excluding hydrogens is 268 g/mol. The maximum Gasteiger partial charge on any atom is 0.337 e. The number of carboxylic acids is 1. The van der Waals surface area contributed by atoms with Gasteiger partial charge in [-0.1, -0.05) is 12.1 Å². The van der Waals surface area contributed by atoms with Gasteiger partial charge in [-0.05, 0) is 36.8 Å². The van der Waals surface area contributed by atoms with Gasteiger partial charge in [-0.25, -0.2) is 4.79 Å². The smallest absolute Gasteiger partial charge is 0.337 e. The molecule has 0 amide bonds. The maximum absolute atomic E-state index is 10.7. The topological polar surface area (TPSA) is 71.5 Å². The third kappa shape index (κ3) is 4.03. The summed E-state index contributed by atoms with van der Waals surface area (Å²) in [6, 6.07) is 11.3. The molecule has 5 nitrogen and oxygen atoms in total. The van der Waals surface area contributed by atoms with E-state index in [-0.39, 0.29) is 11.6 Å². The molecule has 1 atom stereocenters. The second-order valence-corrected chi connectivity index (χ2v) is 4.72. The van der Waals surface area contributed by atoms with Gasteiger partial charge in [0, 0.05) is 18.8 Å². The third-order valence-electron chi connectivity index (χ3n) is 3.28. The van der Waals surface area contributed by atoms with E-state index in [4.69, 9.17) is 9.84 Å². The number of nitrogens with zero attached hydrogens (tertiary/aromatic N) is 1. The van der Waals surface area contributed by atoms with Gasteiger partial charge in [0.2, 0.25) is 0 Å². The van der Waals surface area contributed by atoms with Gasteiger partial charge < -0.3 is 15.2 Å². The molecule has 1 aromatic carbocycles. The fraction of sp³-hybridized carbons (Fsp3) is 0.250. The minimum Gasteiger partial charge on any atom is -0.497 e. The van der Waals surface area contributed by atoms with E-state index >= 15 is 0 Å². The van der Waals surface area contributed by atoms with Crippen LogP contribution in [-0.2, 0) is 6.54 Å². The number of benzene rings is 1. The standard InChI is InChI=1S/C16H18N2O3/c1-11(12-4-7-15(21-2)8-5-12)17-10-14-6-3-13(9-18-14)16(19)20/h3-9,11,17H,10H2,1-2H3,(H,19,20). The highest BCUT2D eigenvalue weighted by molar-refractivity contribution is 5.87. The van der Waals surface area contributed by atoms with Crippen molar-refractivity contribution < 1.29 is 14.6 Å². The second kappa shape index (κ2) is 6.85. The number of carbonyl (C=O) groups is 1. The molecule has 21 heavy (non-hydrogen) atoms. The van der Waals surface area contributed by atoms with Crippen molar-refractivity contribution in [2.24, 2.45) is 0 Å². The Bertz CT molecular complexity index is 594. The first kappa shape index (κ1) is 15.0. The number of methoxy groups -OCH3 is 1. The van der Waals surface area contributed by atoms with Crippen LogP contribution in [0.25, 0.3) is 0 Å². The van der Waals surface area contributed by atoms with Crippen LogP contribution in [0.3, 0.4) is 0 Å². The van der Waals surface area contributed by atoms with E-state index in [9.17, 15) is 4.79 Å². The van der Waals surface area contributed by atoms with Gasteiger partial charge in [0.15, 0.2) is 0 Å². The van der Waals surface area contributed by atoms with Gasteiger partial charge in [0.25, 0.3) is 0 Å². The van der Waals surface area contributed by atoms with E-state index in [0.717, 1.165) is 17.0 Å². The SMILES string of the molecule is COc1ccc(C(C)NCc2ccc(C(=O)O)cn2)cc1. The summed E-state index contributed by atoms with van der Waals surface area (Å²) in [6.45, 7) is 2.64. The predicted molar refractivity (Wildman–Crippen MR) is 79.4 cm³/mol. The maximum atomic E-state index is 10.7. The van der Waals surface area contributed by atoms with Crippen LogP contribution in [-0.4, -0.2) is 23.2 Å². The number of hydrogen-bond donors (Lipinski definition) is 2. The molecular formula is C16H18N2O3. The molecule has 0 spiro atoms. The number of ether oxygens (including phenoxy) is 1. The lowest BCUT2D eigenvalue weighted by Crippen LogP contribution is -2.18. The molecule has 2 aromatic rings. The Labute approximate surface area is 123 Å². The van der Waals surface area contributed by atoms with Crippen LogP contribution in [0, 0.1) is 0 Å². The monoisotopic (exact) mass is 286 g/mol. The highest BCUT2D eigenvalue weighted by Gasteiger charge is 2.07. The molecule has 0 radical (unpaired) electrons. The van der Waals surface area contributed by atoms with Crippen molar-refractivity contribution in [3.8, 4) is 5.75 Å². The Balaban J connectivity index is 1.93. The minimum atomic E-state index is -0.964. The van der Waals surface area contributed by atoms with Crippen LogP contribution in [0.5, 0.6) is 5.75 Å². The molecule has 0 aliphatic heterocycles. The largest absolute Gasteiger partial charge is 0.497 e. The molecule has 0 saturated carbocycles. The van der Waals surface area contributed by atoms with E-state index < -0.39 is 5.97 Å². The van der Waals surface area contributed by atoms with E-state index in [1.54, 1.807) is 19.2 Å². The van der Waals surface area contributed by atoms with Crippen molar-refractivity contribution >= 4 is 5.97 Å². The molecule has 0 aliphatic rings. The van der Waals surface area contributed by atoms with Gasteiger partial charge in [-0.15, -0.1) is 0 Å². The van der Waals surface area contributed by atoms with Crippen LogP contribution in [0.4, 0.5) is 0 Å². The number of aromatic carboxylic acids is 1. The highest BCUT2D eigenvalue weighted by atomic mass is 16.5. The van der Waals surface area contributed by atoms with Gasteiger partial charge in [-0.3, -0.25) is 4.98 Å². The molecule has 2 N–H and O–H groups in total. The molecule has 1 heterocycles. The summed E-state index contributed by atoms with van der Waals surface area (Å²) < 4.78 is 5.13. The first-order valence-electron chi connectivity index (χ1n) is 6.65. The average Bonchev–Trinajstić information content (AvgIpc) is 2.53. The van der Waals surface area contributed by atoms with E-state index in [1.165, 1.54) is 6.20 Å². The zero-order valence-electron chi connectivity index (χ0n) is 12.0. The number of rotatable bonds is 6. The molecule has 1 aromatic heterocycles. The van der Waals surface area contributed by atoms with Gasteiger partial charge >= 0.3 is 5.97 Å². The second-order valence-electron chi connectivity index (χ2n) is 4.72. The summed E-state index contributed by atoms with van der Waals surface area (Å²) in [5.41, 5.74) is 2.15. The quantitative estimate of drug-likeness (QED) is 0.854. The molecule has 0 bridgehead atoms. The summed E-state index contributed by atoms with van der Waals surface area (Å²) in [7, 11) is 1.64. The lowest BCUT2D eigenvalue weighted by Gasteiger charge is -2.14. The first-order valence-corrected chi connectivity index (χ1v) is 6.65. The summed E-state index contributed by atoms with van der Waals surface area (Å²) >= 11 is 0. The van der Waals surface area contributed by atoms with Crippen molar-refractivity contribution in [2.75, 3.05) is 7.11 Å². The molecule has 0 aliphatic carbocycles. The summed E-state index contributed by atoms with van der Waals surface area (Å²) in [6.07, 6.45) is 1.37. The van der Waals surface area contributed by atoms with E-state index in [2.05, 4.69) is 17.2 Å². The van der Waals surface area contributed by atoms with Crippen LogP contribution < -0.4 is 10.1 Å². The number of pyridine rings is 1. The molecule has 0 fully saturated rings. The lowest BCUT2D eigenvalue weighted by atomic mass is 10.1. The Morgan fingerprint density at radius 1 is 1.29 bits per heavy atom. The molecule has 1 unspecified atom stereocenters. The molecule has 110 valence electrons. The van der Waals surface area contributed by atoms with Crippen molar-refractivity contribution in [3.63, 3.8) is 0 Å². The first-order chi connectivity index (χ1) is 10.1. The Hall–Kier alpha value is -2.40. The summed E-state index contributed by atoms with van der Waals surface area (Å²) in [5, 5.41) is 12.2. The molecule has 2 rings (SSSR count). The van der Waals surface area contributed by atoms with E-state index in [0.29, 0.717) is 6.54 Å². The van der Waals surface area contributed by atoms with Gasteiger partial charge in [-0.2, -0.15) is 0 Å². The highest BCUT2D eigenvalue weighted by Crippen LogP contribution is 2.17. The number of aromatic nitrogens is 1.